The highest BCUT2D eigenvalue weighted by atomic mass is 16.5. The predicted octanol–water partition coefficient (Wildman–Crippen LogP) is 3.11. The van der Waals surface area contributed by atoms with Gasteiger partial charge >= 0.3 is 0 Å². The van der Waals surface area contributed by atoms with E-state index in [0.717, 1.165) is 11.3 Å². The van der Waals surface area contributed by atoms with E-state index in [1.807, 2.05) is 42.6 Å². The van der Waals surface area contributed by atoms with Gasteiger partial charge < -0.3 is 15.4 Å². The molecule has 126 valence electrons. The lowest BCUT2D eigenvalue weighted by Crippen LogP contribution is -2.20. The molecule has 0 saturated carbocycles. The first-order valence-electron chi connectivity index (χ1n) is 7.86. The molecule has 3 rings (SSSR count). The van der Waals surface area contributed by atoms with Gasteiger partial charge in [-0.05, 0) is 35.9 Å². The van der Waals surface area contributed by atoms with Crippen LogP contribution in [0.5, 0.6) is 5.75 Å². The van der Waals surface area contributed by atoms with Gasteiger partial charge in [-0.3, -0.25) is 9.78 Å². The van der Waals surface area contributed by atoms with Gasteiger partial charge in [0.15, 0.2) is 6.61 Å². The minimum absolute atomic E-state index is 0.0628. The molecule has 0 fully saturated rings. The minimum atomic E-state index is -0.257. The fourth-order valence-electron chi connectivity index (χ4n) is 2.12. The molecule has 0 atom stereocenters. The smallest absolute Gasteiger partial charge is 0.263 e. The molecule has 3 aromatic rings. The van der Waals surface area contributed by atoms with Crippen molar-refractivity contribution in [2.75, 3.05) is 17.2 Å². The van der Waals surface area contributed by atoms with Crippen molar-refractivity contribution < 1.29 is 9.53 Å². The SMILES string of the molecule is O=C(COc1ccccc1)Nc1ccc(NCc2cccnc2)cn1. The Morgan fingerprint density at radius 2 is 1.88 bits per heavy atom. The quantitative estimate of drug-likeness (QED) is 0.694. The maximum absolute atomic E-state index is 11.9. The van der Waals surface area contributed by atoms with Crippen molar-refractivity contribution in [1.82, 2.24) is 9.97 Å². The number of hydrogen-bond donors (Lipinski definition) is 2. The first-order chi connectivity index (χ1) is 12.3. The van der Waals surface area contributed by atoms with Gasteiger partial charge in [-0.1, -0.05) is 24.3 Å². The maximum Gasteiger partial charge on any atom is 0.263 e. The molecule has 0 unspecified atom stereocenters. The molecule has 6 heteroatoms. The van der Waals surface area contributed by atoms with Crippen LogP contribution in [-0.4, -0.2) is 22.5 Å². The zero-order valence-electron chi connectivity index (χ0n) is 13.6. The average molecular weight is 334 g/mol. The monoisotopic (exact) mass is 334 g/mol. The highest BCUT2D eigenvalue weighted by molar-refractivity contribution is 5.91. The summed E-state index contributed by atoms with van der Waals surface area (Å²) >= 11 is 0. The molecule has 25 heavy (non-hydrogen) atoms. The van der Waals surface area contributed by atoms with E-state index < -0.39 is 0 Å². The van der Waals surface area contributed by atoms with Crippen LogP contribution in [-0.2, 0) is 11.3 Å². The first kappa shape index (κ1) is 16.4. The Labute approximate surface area is 145 Å². The second-order valence-electron chi connectivity index (χ2n) is 5.30. The summed E-state index contributed by atoms with van der Waals surface area (Å²) in [5.74, 6) is 0.876. The second-order valence-corrected chi connectivity index (χ2v) is 5.30. The Balaban J connectivity index is 1.46. The van der Waals surface area contributed by atoms with Gasteiger partial charge in [-0.2, -0.15) is 0 Å². The molecule has 0 aliphatic rings. The Bertz CT molecular complexity index is 793. The Hall–Kier alpha value is -3.41. The van der Waals surface area contributed by atoms with Crippen LogP contribution in [0.3, 0.4) is 0 Å². The van der Waals surface area contributed by atoms with Crippen LogP contribution < -0.4 is 15.4 Å². The molecule has 1 amide bonds. The van der Waals surface area contributed by atoms with Gasteiger partial charge in [-0.25, -0.2) is 4.98 Å². The Morgan fingerprint density at radius 1 is 1.00 bits per heavy atom. The maximum atomic E-state index is 11.9. The third-order valence-corrected chi connectivity index (χ3v) is 3.36. The molecule has 0 saturated heterocycles. The number of anilines is 2. The van der Waals surface area contributed by atoms with E-state index in [9.17, 15) is 4.79 Å². The third-order valence-electron chi connectivity index (χ3n) is 3.36. The highest BCUT2D eigenvalue weighted by Crippen LogP contribution is 2.12. The lowest BCUT2D eigenvalue weighted by atomic mass is 10.3. The Kier molecular flexibility index (Phi) is 5.56. The van der Waals surface area contributed by atoms with Gasteiger partial charge in [0.25, 0.3) is 5.91 Å². The van der Waals surface area contributed by atoms with Crippen molar-refractivity contribution in [3.05, 3.63) is 78.8 Å². The van der Waals surface area contributed by atoms with Crippen molar-refractivity contribution in [2.24, 2.45) is 0 Å². The first-order valence-corrected chi connectivity index (χ1v) is 7.86. The van der Waals surface area contributed by atoms with Crippen molar-refractivity contribution in [3.8, 4) is 5.75 Å². The molecule has 2 N–H and O–H groups in total. The topological polar surface area (TPSA) is 76.1 Å². The number of nitrogens with one attached hydrogen (secondary N) is 2. The minimum Gasteiger partial charge on any atom is -0.484 e. The number of rotatable bonds is 7. The number of carbonyl (C=O) groups is 1. The van der Waals surface area contributed by atoms with Gasteiger partial charge in [-0.15, -0.1) is 0 Å². The van der Waals surface area contributed by atoms with Crippen LogP contribution in [0.2, 0.25) is 0 Å². The van der Waals surface area contributed by atoms with E-state index in [2.05, 4.69) is 20.6 Å². The van der Waals surface area contributed by atoms with Crippen LogP contribution in [0.1, 0.15) is 5.56 Å². The van der Waals surface area contributed by atoms with Crippen molar-refractivity contribution in [2.45, 2.75) is 6.54 Å². The number of nitrogens with zero attached hydrogens (tertiary/aromatic N) is 2. The molecule has 2 aromatic heterocycles. The van der Waals surface area contributed by atoms with E-state index in [1.54, 1.807) is 30.6 Å². The van der Waals surface area contributed by atoms with Crippen LogP contribution in [0, 0.1) is 0 Å². The number of ether oxygens (including phenoxy) is 1. The standard InChI is InChI=1S/C19H18N4O2/c24-19(14-25-17-6-2-1-3-7-17)23-18-9-8-16(13-22-18)21-12-15-5-4-10-20-11-15/h1-11,13,21H,12,14H2,(H,22,23,24). The van der Waals surface area contributed by atoms with E-state index >= 15 is 0 Å². The normalized spacial score (nSPS) is 10.1. The number of carbonyl (C=O) groups excluding carboxylic acids is 1. The Morgan fingerprint density at radius 3 is 2.60 bits per heavy atom. The van der Waals surface area contributed by atoms with Crippen molar-refractivity contribution in [3.63, 3.8) is 0 Å². The van der Waals surface area contributed by atoms with Gasteiger partial charge in [0.05, 0.1) is 11.9 Å². The molecular weight excluding hydrogens is 316 g/mol. The molecule has 0 aliphatic carbocycles. The molecule has 0 radical (unpaired) electrons. The van der Waals surface area contributed by atoms with Crippen LogP contribution in [0.4, 0.5) is 11.5 Å². The number of benzene rings is 1. The second kappa shape index (κ2) is 8.44. The summed E-state index contributed by atoms with van der Waals surface area (Å²) in [5, 5.41) is 5.95. The molecule has 0 spiro atoms. The summed E-state index contributed by atoms with van der Waals surface area (Å²) in [4.78, 5) is 20.2. The van der Waals surface area contributed by atoms with E-state index in [1.165, 1.54) is 0 Å². The summed E-state index contributed by atoms with van der Waals surface area (Å²) in [6.07, 6.45) is 5.22. The number of para-hydroxylation sites is 1. The summed E-state index contributed by atoms with van der Waals surface area (Å²) in [7, 11) is 0. The number of aromatic nitrogens is 2. The van der Waals surface area contributed by atoms with Crippen LogP contribution >= 0.6 is 0 Å². The van der Waals surface area contributed by atoms with E-state index in [0.29, 0.717) is 18.1 Å². The molecule has 0 bridgehead atoms. The molecule has 6 nitrogen and oxygen atoms in total. The fourth-order valence-corrected chi connectivity index (χ4v) is 2.12. The summed E-state index contributed by atoms with van der Waals surface area (Å²) in [5.41, 5.74) is 1.94. The highest BCUT2D eigenvalue weighted by Gasteiger charge is 2.04. The van der Waals surface area contributed by atoms with E-state index in [4.69, 9.17) is 4.74 Å². The van der Waals surface area contributed by atoms with E-state index in [-0.39, 0.29) is 12.5 Å². The zero-order valence-corrected chi connectivity index (χ0v) is 13.6. The molecule has 1 aromatic carbocycles. The molecule has 2 heterocycles. The lowest BCUT2D eigenvalue weighted by Gasteiger charge is -2.09. The number of amides is 1. The summed E-state index contributed by atoms with van der Waals surface area (Å²) < 4.78 is 5.39. The van der Waals surface area contributed by atoms with Crippen LogP contribution in [0.25, 0.3) is 0 Å². The summed E-state index contributed by atoms with van der Waals surface area (Å²) in [6, 6.07) is 16.7. The van der Waals surface area contributed by atoms with Gasteiger partial charge in [0, 0.05) is 18.9 Å². The number of hydrogen-bond acceptors (Lipinski definition) is 5. The van der Waals surface area contributed by atoms with Crippen molar-refractivity contribution >= 4 is 17.4 Å². The molecular formula is C19H18N4O2. The molecule has 0 aliphatic heterocycles. The zero-order chi connectivity index (χ0) is 17.3. The van der Waals surface area contributed by atoms with Gasteiger partial charge in [0.1, 0.15) is 11.6 Å². The summed E-state index contributed by atoms with van der Waals surface area (Å²) in [6.45, 7) is 0.596. The fraction of sp³-hybridized carbons (Fsp3) is 0.105. The van der Waals surface area contributed by atoms with Crippen LogP contribution in [0.15, 0.2) is 73.2 Å². The lowest BCUT2D eigenvalue weighted by molar-refractivity contribution is -0.118. The van der Waals surface area contributed by atoms with Crippen molar-refractivity contribution in [1.29, 1.82) is 0 Å². The average Bonchev–Trinajstić information content (AvgIpc) is 2.67. The van der Waals surface area contributed by atoms with Gasteiger partial charge in [0.2, 0.25) is 0 Å². The predicted molar refractivity (Wildman–Crippen MR) is 96.4 cm³/mol. The largest absolute Gasteiger partial charge is 0.484 e. The number of pyridine rings is 2. The third kappa shape index (κ3) is 5.31.